The van der Waals surface area contributed by atoms with Crippen LogP contribution in [0.2, 0.25) is 20.1 Å². The number of halogens is 4. The van der Waals surface area contributed by atoms with Gasteiger partial charge in [0.25, 0.3) is 11.8 Å². The first kappa shape index (κ1) is 22.8. The molecule has 0 spiro atoms. The van der Waals surface area contributed by atoms with E-state index >= 15 is 0 Å². The molecule has 1 aliphatic heterocycles. The minimum absolute atomic E-state index is 0.257. The van der Waals surface area contributed by atoms with Crippen LogP contribution >= 0.6 is 46.4 Å². The first-order valence-electron chi connectivity index (χ1n) is 8.91. The Morgan fingerprint density at radius 1 is 0.700 bits per heavy atom. The first-order valence-corrected chi connectivity index (χ1v) is 10.4. The molecular weight excluding hydrogens is 474 g/mol. The quantitative estimate of drug-likeness (QED) is 0.609. The van der Waals surface area contributed by atoms with Crippen LogP contribution in [-0.4, -0.2) is 62.0 Å². The van der Waals surface area contributed by atoms with E-state index in [1.165, 1.54) is 38.5 Å². The normalized spacial score (nSPS) is 13.9. The summed E-state index contributed by atoms with van der Waals surface area (Å²) < 4.78 is 10.5. The Morgan fingerprint density at radius 3 is 1.33 bits per heavy atom. The summed E-state index contributed by atoms with van der Waals surface area (Å²) in [6.45, 7) is 1.31. The van der Waals surface area contributed by atoms with Crippen LogP contribution in [-0.2, 0) is 0 Å². The average Bonchev–Trinajstić information content (AvgIpc) is 2.71. The van der Waals surface area contributed by atoms with Crippen LogP contribution in [0.3, 0.4) is 0 Å². The molecule has 0 radical (unpaired) electrons. The SMILES string of the molecule is COc1c(Cl)cc(Cl)cc1C(=O)N1CCN(C(=O)c2cc(Cl)cc(Cl)c2OC)CC1. The fourth-order valence-corrected chi connectivity index (χ4v) is 4.45. The largest absolute Gasteiger partial charge is 0.494 e. The Kier molecular flexibility index (Phi) is 7.24. The van der Waals surface area contributed by atoms with Crippen molar-refractivity contribution in [2.75, 3.05) is 40.4 Å². The Balaban J connectivity index is 1.76. The number of benzene rings is 2. The zero-order chi connectivity index (χ0) is 22.0. The maximum atomic E-state index is 13.0. The van der Waals surface area contributed by atoms with E-state index in [0.29, 0.717) is 36.2 Å². The van der Waals surface area contributed by atoms with Gasteiger partial charge in [-0.05, 0) is 24.3 Å². The molecule has 0 aromatic heterocycles. The van der Waals surface area contributed by atoms with Gasteiger partial charge in [0, 0.05) is 36.2 Å². The van der Waals surface area contributed by atoms with Crippen LogP contribution in [0.5, 0.6) is 11.5 Å². The van der Waals surface area contributed by atoms with Crippen LogP contribution in [0.15, 0.2) is 24.3 Å². The fourth-order valence-electron chi connectivity index (χ4n) is 3.31. The number of carbonyl (C=O) groups is 2. The third-order valence-corrected chi connectivity index (χ3v) is 5.74. The zero-order valence-corrected chi connectivity index (χ0v) is 19.2. The van der Waals surface area contributed by atoms with Crippen molar-refractivity contribution in [1.82, 2.24) is 9.80 Å². The molecule has 0 saturated carbocycles. The minimum atomic E-state index is -0.272. The summed E-state index contributed by atoms with van der Waals surface area (Å²) in [7, 11) is 2.87. The molecule has 30 heavy (non-hydrogen) atoms. The predicted octanol–water partition coefficient (Wildman–Crippen LogP) is 4.92. The van der Waals surface area contributed by atoms with Gasteiger partial charge in [-0.25, -0.2) is 0 Å². The molecule has 3 rings (SSSR count). The van der Waals surface area contributed by atoms with E-state index in [2.05, 4.69) is 0 Å². The van der Waals surface area contributed by atoms with Gasteiger partial charge in [0.1, 0.15) is 11.5 Å². The Hall–Kier alpha value is -1.86. The number of hydrogen-bond acceptors (Lipinski definition) is 4. The van der Waals surface area contributed by atoms with Crippen molar-refractivity contribution in [2.24, 2.45) is 0 Å². The fraction of sp³-hybridized carbons (Fsp3) is 0.300. The second-order valence-corrected chi connectivity index (χ2v) is 8.21. The monoisotopic (exact) mass is 490 g/mol. The lowest BCUT2D eigenvalue weighted by Crippen LogP contribution is -2.50. The van der Waals surface area contributed by atoms with Crippen LogP contribution in [0.1, 0.15) is 20.7 Å². The lowest BCUT2D eigenvalue weighted by molar-refractivity contribution is 0.0532. The molecule has 1 saturated heterocycles. The standard InChI is InChI=1S/C20H18Cl4N2O4/c1-29-17-13(7-11(21)9-15(17)23)19(27)25-3-5-26(6-4-25)20(28)14-8-12(22)10-16(24)18(14)30-2/h7-10H,3-6H2,1-2H3. The average molecular weight is 492 g/mol. The number of hydrogen-bond donors (Lipinski definition) is 0. The van der Waals surface area contributed by atoms with Gasteiger partial charge in [-0.1, -0.05) is 46.4 Å². The number of rotatable bonds is 4. The molecule has 2 aromatic carbocycles. The van der Waals surface area contributed by atoms with Gasteiger partial charge in [-0.15, -0.1) is 0 Å². The highest BCUT2D eigenvalue weighted by molar-refractivity contribution is 6.37. The highest BCUT2D eigenvalue weighted by Gasteiger charge is 2.29. The Bertz CT molecular complexity index is 912. The van der Waals surface area contributed by atoms with Gasteiger partial charge < -0.3 is 19.3 Å². The first-order chi connectivity index (χ1) is 14.3. The summed E-state index contributed by atoms with van der Waals surface area (Å²) in [6, 6.07) is 6.06. The van der Waals surface area contributed by atoms with Gasteiger partial charge in [-0.3, -0.25) is 9.59 Å². The maximum absolute atomic E-state index is 13.0. The summed E-state index contributed by atoms with van der Waals surface area (Å²) >= 11 is 24.4. The highest BCUT2D eigenvalue weighted by Crippen LogP contribution is 2.34. The van der Waals surface area contributed by atoms with E-state index < -0.39 is 0 Å². The van der Waals surface area contributed by atoms with Crippen molar-refractivity contribution >= 4 is 58.2 Å². The topological polar surface area (TPSA) is 59.1 Å². The number of nitrogens with zero attached hydrogens (tertiary/aromatic N) is 2. The molecule has 2 aromatic rings. The molecule has 0 atom stereocenters. The maximum Gasteiger partial charge on any atom is 0.257 e. The number of carbonyl (C=O) groups excluding carboxylic acids is 2. The zero-order valence-electron chi connectivity index (χ0n) is 16.2. The van der Waals surface area contributed by atoms with E-state index in [4.69, 9.17) is 55.9 Å². The molecule has 6 nitrogen and oxygen atoms in total. The van der Waals surface area contributed by atoms with E-state index in [1.807, 2.05) is 0 Å². The summed E-state index contributed by atoms with van der Waals surface area (Å²) in [5.74, 6) is -0.00999. The van der Waals surface area contributed by atoms with E-state index in [1.54, 1.807) is 9.80 Å². The number of ether oxygens (including phenoxy) is 2. The van der Waals surface area contributed by atoms with E-state index in [-0.39, 0.29) is 44.5 Å². The molecule has 10 heteroatoms. The Labute approximate surface area is 194 Å². The molecule has 0 aliphatic carbocycles. The van der Waals surface area contributed by atoms with Crippen molar-refractivity contribution in [1.29, 1.82) is 0 Å². The summed E-state index contributed by atoms with van der Waals surface area (Å²) in [5.41, 5.74) is 0.552. The Morgan fingerprint density at radius 2 is 1.03 bits per heavy atom. The number of piperazine rings is 1. The number of amides is 2. The minimum Gasteiger partial charge on any atom is -0.494 e. The summed E-state index contributed by atoms with van der Waals surface area (Å²) in [4.78, 5) is 29.2. The molecule has 0 N–H and O–H groups in total. The molecule has 160 valence electrons. The molecule has 2 amide bonds. The van der Waals surface area contributed by atoms with Crippen molar-refractivity contribution in [2.45, 2.75) is 0 Å². The van der Waals surface area contributed by atoms with E-state index in [0.717, 1.165) is 0 Å². The van der Waals surface area contributed by atoms with Gasteiger partial charge >= 0.3 is 0 Å². The second kappa shape index (κ2) is 9.52. The van der Waals surface area contributed by atoms with Crippen molar-refractivity contribution in [3.8, 4) is 11.5 Å². The van der Waals surface area contributed by atoms with Crippen LogP contribution in [0.4, 0.5) is 0 Å². The molecule has 1 aliphatic rings. The van der Waals surface area contributed by atoms with Crippen LogP contribution < -0.4 is 9.47 Å². The van der Waals surface area contributed by atoms with Gasteiger partial charge in [0.2, 0.25) is 0 Å². The molecular formula is C20H18Cl4N2O4. The molecule has 1 heterocycles. The second-order valence-electron chi connectivity index (χ2n) is 6.52. The van der Waals surface area contributed by atoms with Crippen LogP contribution in [0.25, 0.3) is 0 Å². The van der Waals surface area contributed by atoms with Gasteiger partial charge in [0.15, 0.2) is 0 Å². The smallest absolute Gasteiger partial charge is 0.257 e. The van der Waals surface area contributed by atoms with Crippen molar-refractivity contribution in [3.63, 3.8) is 0 Å². The number of methoxy groups -OCH3 is 2. The summed E-state index contributed by atoms with van der Waals surface area (Å²) in [6.07, 6.45) is 0. The highest BCUT2D eigenvalue weighted by atomic mass is 35.5. The molecule has 0 unspecified atom stereocenters. The van der Waals surface area contributed by atoms with Crippen molar-refractivity contribution < 1.29 is 19.1 Å². The summed E-state index contributed by atoms with van der Waals surface area (Å²) in [5, 5.41) is 1.19. The third kappa shape index (κ3) is 4.57. The third-order valence-electron chi connectivity index (χ3n) is 4.74. The van der Waals surface area contributed by atoms with Gasteiger partial charge in [0.05, 0.1) is 35.4 Å². The lowest BCUT2D eigenvalue weighted by Gasteiger charge is -2.35. The molecule has 0 bridgehead atoms. The van der Waals surface area contributed by atoms with E-state index in [9.17, 15) is 9.59 Å². The predicted molar refractivity (Wildman–Crippen MR) is 118 cm³/mol. The van der Waals surface area contributed by atoms with Gasteiger partial charge in [-0.2, -0.15) is 0 Å². The lowest BCUT2D eigenvalue weighted by atomic mass is 10.1. The van der Waals surface area contributed by atoms with Crippen LogP contribution in [0, 0.1) is 0 Å². The molecule has 1 fully saturated rings. The van der Waals surface area contributed by atoms with Crippen molar-refractivity contribution in [3.05, 3.63) is 55.5 Å².